The van der Waals surface area contributed by atoms with Gasteiger partial charge in [0.05, 0.1) is 17.3 Å². The van der Waals surface area contributed by atoms with Crippen molar-refractivity contribution in [1.29, 1.82) is 0 Å². The van der Waals surface area contributed by atoms with Gasteiger partial charge in [0.25, 0.3) is 16.8 Å². The number of nitrogens with one attached hydrogen (secondary N) is 2. The molecular formula is C21H23N3O4S. The Bertz CT molecular complexity index is 1100. The molecule has 0 spiro atoms. The first-order valence-electron chi connectivity index (χ1n) is 9.16. The quantitative estimate of drug-likeness (QED) is 0.406. The maximum atomic E-state index is 12.2. The van der Waals surface area contributed by atoms with Gasteiger partial charge in [-0.3, -0.25) is 14.4 Å². The Labute approximate surface area is 172 Å². The standard InChI is InChI=1S/C21H23N3O4S/c1-11(2)15(14-9-6-10-29-14)23-17-16(19(26)20(17)27)22-13-8-5-7-12(18(13)25)21(28)24(3)4/h5-11,15,22-23,25H,1-4H3/t15-/m1/s1. The molecule has 3 aromatic rings. The predicted molar refractivity (Wildman–Crippen MR) is 116 cm³/mol. The van der Waals surface area contributed by atoms with Crippen molar-refractivity contribution in [3.63, 3.8) is 0 Å². The van der Waals surface area contributed by atoms with Crippen LogP contribution in [0.5, 0.6) is 5.75 Å². The molecule has 8 heteroatoms. The normalized spacial score (nSPS) is 12.2. The largest absolute Gasteiger partial charge is 0.505 e. The molecule has 0 radical (unpaired) electrons. The highest BCUT2D eigenvalue weighted by Crippen LogP contribution is 2.34. The lowest BCUT2D eigenvalue weighted by Crippen LogP contribution is -2.38. The fraction of sp³-hybridized carbons (Fsp3) is 0.286. The highest BCUT2D eigenvalue weighted by atomic mass is 32.1. The molecule has 152 valence electrons. The summed E-state index contributed by atoms with van der Waals surface area (Å²) in [4.78, 5) is 39.0. The van der Waals surface area contributed by atoms with Gasteiger partial charge < -0.3 is 20.6 Å². The van der Waals surface area contributed by atoms with Crippen LogP contribution >= 0.6 is 11.3 Å². The van der Waals surface area contributed by atoms with Crippen molar-refractivity contribution in [3.05, 3.63) is 66.6 Å². The molecule has 0 fully saturated rings. The molecule has 1 heterocycles. The summed E-state index contributed by atoms with van der Waals surface area (Å²) in [7, 11) is 3.16. The summed E-state index contributed by atoms with van der Waals surface area (Å²) in [6.45, 7) is 4.05. The number of hydrogen-bond acceptors (Lipinski definition) is 7. The van der Waals surface area contributed by atoms with Crippen LogP contribution in [0.25, 0.3) is 0 Å². The summed E-state index contributed by atoms with van der Waals surface area (Å²) in [5.74, 6) is -0.462. The third-order valence-corrected chi connectivity index (χ3v) is 5.61. The smallest absolute Gasteiger partial charge is 0.257 e. The summed E-state index contributed by atoms with van der Waals surface area (Å²) in [5.41, 5.74) is -0.704. The average molecular weight is 413 g/mol. The first kappa shape index (κ1) is 20.6. The van der Waals surface area contributed by atoms with Gasteiger partial charge in [-0.25, -0.2) is 0 Å². The SMILES string of the molecule is CC(C)[C@@H](Nc1c(Nc2cccc(C(=O)N(C)C)c2O)c(=O)c1=O)c1cccs1. The Kier molecular flexibility index (Phi) is 5.74. The first-order valence-corrected chi connectivity index (χ1v) is 10.0. The molecule has 0 saturated carbocycles. The van der Waals surface area contributed by atoms with Crippen molar-refractivity contribution in [2.24, 2.45) is 5.92 Å². The van der Waals surface area contributed by atoms with E-state index in [0.717, 1.165) is 4.88 Å². The topological polar surface area (TPSA) is 98.7 Å². The van der Waals surface area contributed by atoms with Gasteiger partial charge >= 0.3 is 0 Å². The van der Waals surface area contributed by atoms with E-state index in [1.54, 1.807) is 37.6 Å². The fourth-order valence-corrected chi connectivity index (χ4v) is 3.98. The van der Waals surface area contributed by atoms with Crippen LogP contribution in [-0.2, 0) is 0 Å². The Hall–Kier alpha value is -3.13. The zero-order valence-corrected chi connectivity index (χ0v) is 17.5. The van der Waals surface area contributed by atoms with Crippen molar-refractivity contribution in [3.8, 4) is 5.75 Å². The minimum atomic E-state index is -0.662. The Balaban J connectivity index is 1.92. The van der Waals surface area contributed by atoms with E-state index in [0.29, 0.717) is 0 Å². The van der Waals surface area contributed by atoms with Crippen molar-refractivity contribution in [2.75, 3.05) is 24.7 Å². The van der Waals surface area contributed by atoms with E-state index in [9.17, 15) is 19.5 Å². The molecule has 3 N–H and O–H groups in total. The van der Waals surface area contributed by atoms with Gasteiger partial charge in [-0.15, -0.1) is 11.3 Å². The molecule has 2 aromatic carbocycles. The zero-order chi connectivity index (χ0) is 21.3. The number of nitrogens with zero attached hydrogens (tertiary/aromatic N) is 1. The van der Waals surface area contributed by atoms with E-state index in [4.69, 9.17) is 0 Å². The maximum Gasteiger partial charge on any atom is 0.257 e. The Morgan fingerprint density at radius 3 is 2.34 bits per heavy atom. The number of hydrogen-bond donors (Lipinski definition) is 3. The van der Waals surface area contributed by atoms with Gasteiger partial charge in [-0.2, -0.15) is 0 Å². The molecule has 1 aromatic heterocycles. The Morgan fingerprint density at radius 2 is 1.76 bits per heavy atom. The molecule has 7 nitrogen and oxygen atoms in total. The van der Waals surface area contributed by atoms with Crippen molar-refractivity contribution in [2.45, 2.75) is 19.9 Å². The first-order chi connectivity index (χ1) is 13.7. The van der Waals surface area contributed by atoms with Crippen molar-refractivity contribution in [1.82, 2.24) is 4.90 Å². The molecule has 29 heavy (non-hydrogen) atoms. The molecule has 1 atom stereocenters. The molecule has 0 unspecified atom stereocenters. The summed E-state index contributed by atoms with van der Waals surface area (Å²) in [6, 6.07) is 8.42. The van der Waals surface area contributed by atoms with Gasteiger partial charge in [-0.1, -0.05) is 26.0 Å². The lowest BCUT2D eigenvalue weighted by Gasteiger charge is -2.25. The molecule has 0 saturated heterocycles. The molecule has 0 bridgehead atoms. The second-order valence-corrected chi connectivity index (χ2v) is 8.30. The van der Waals surface area contributed by atoms with Gasteiger partial charge in [0.1, 0.15) is 11.4 Å². The number of para-hydroxylation sites is 1. The second-order valence-electron chi connectivity index (χ2n) is 7.32. The van der Waals surface area contributed by atoms with Gasteiger partial charge in [-0.05, 0) is 29.5 Å². The average Bonchev–Trinajstić information content (AvgIpc) is 3.21. The van der Waals surface area contributed by atoms with Crippen LogP contribution in [0.3, 0.4) is 0 Å². The van der Waals surface area contributed by atoms with E-state index in [1.807, 2.05) is 31.4 Å². The number of rotatable bonds is 7. The number of phenols is 1. The highest BCUT2D eigenvalue weighted by molar-refractivity contribution is 7.10. The third kappa shape index (κ3) is 3.88. The number of carbonyl (C=O) groups excluding carboxylic acids is 1. The minimum absolute atomic E-state index is 0.0851. The Morgan fingerprint density at radius 1 is 1.07 bits per heavy atom. The van der Waals surface area contributed by atoms with Crippen LogP contribution in [0.4, 0.5) is 17.1 Å². The maximum absolute atomic E-state index is 12.2. The van der Waals surface area contributed by atoms with E-state index >= 15 is 0 Å². The highest BCUT2D eigenvalue weighted by Gasteiger charge is 2.27. The zero-order valence-electron chi connectivity index (χ0n) is 16.6. The molecule has 0 aliphatic rings. The molecular weight excluding hydrogens is 390 g/mol. The predicted octanol–water partition coefficient (Wildman–Crippen LogP) is 3.30. The fourth-order valence-electron chi connectivity index (χ4n) is 3.03. The van der Waals surface area contributed by atoms with Crippen LogP contribution < -0.4 is 21.5 Å². The number of thiophene rings is 1. The van der Waals surface area contributed by atoms with Crippen LogP contribution in [0, 0.1) is 5.92 Å². The lowest BCUT2D eigenvalue weighted by molar-refractivity contribution is 0.0824. The van der Waals surface area contributed by atoms with Crippen LogP contribution in [0.15, 0.2) is 45.3 Å². The van der Waals surface area contributed by atoms with Gasteiger partial charge in [0.15, 0.2) is 5.75 Å². The summed E-state index contributed by atoms with van der Waals surface area (Å²) in [6.07, 6.45) is 0. The monoisotopic (exact) mass is 413 g/mol. The lowest BCUT2D eigenvalue weighted by atomic mass is 10.0. The second kappa shape index (κ2) is 8.08. The molecule has 0 aliphatic carbocycles. The van der Waals surface area contributed by atoms with E-state index in [2.05, 4.69) is 10.6 Å². The van der Waals surface area contributed by atoms with E-state index in [-0.39, 0.29) is 46.2 Å². The van der Waals surface area contributed by atoms with Crippen molar-refractivity contribution < 1.29 is 9.90 Å². The van der Waals surface area contributed by atoms with Crippen LogP contribution in [-0.4, -0.2) is 30.0 Å². The number of benzene rings is 1. The van der Waals surface area contributed by atoms with Crippen LogP contribution in [0.1, 0.15) is 35.1 Å². The number of carbonyl (C=O) groups is 1. The van der Waals surface area contributed by atoms with Gasteiger partial charge in [0, 0.05) is 19.0 Å². The molecule has 3 rings (SSSR count). The summed E-state index contributed by atoms with van der Waals surface area (Å²) in [5, 5.41) is 18.5. The number of aromatic hydroxyl groups is 1. The minimum Gasteiger partial charge on any atom is -0.505 e. The van der Waals surface area contributed by atoms with Crippen LogP contribution in [0.2, 0.25) is 0 Å². The third-order valence-electron chi connectivity index (χ3n) is 4.66. The summed E-state index contributed by atoms with van der Waals surface area (Å²) < 4.78 is 0. The molecule has 1 amide bonds. The van der Waals surface area contributed by atoms with Crippen molar-refractivity contribution >= 4 is 34.3 Å². The van der Waals surface area contributed by atoms with E-state index < -0.39 is 10.9 Å². The number of anilines is 3. The number of phenolic OH excluding ortho intramolecular Hbond substituents is 1. The summed E-state index contributed by atoms with van der Waals surface area (Å²) >= 11 is 1.57. The molecule has 0 aliphatic heterocycles. The number of amides is 1. The van der Waals surface area contributed by atoms with Gasteiger partial charge in [0.2, 0.25) is 0 Å². The van der Waals surface area contributed by atoms with E-state index in [1.165, 1.54) is 11.0 Å².